The second-order valence-electron chi connectivity index (χ2n) is 41.1. The van der Waals surface area contributed by atoms with Crippen molar-refractivity contribution in [2.45, 2.75) is 282 Å². The summed E-state index contributed by atoms with van der Waals surface area (Å²) in [6.07, 6.45) is 30.2. The lowest BCUT2D eigenvalue weighted by molar-refractivity contribution is 0.0146. The predicted octanol–water partition coefficient (Wildman–Crippen LogP) is 12.4. The van der Waals surface area contributed by atoms with Gasteiger partial charge in [0.2, 0.25) is 0 Å². The van der Waals surface area contributed by atoms with E-state index in [1.54, 1.807) is 0 Å². The molecule has 12 fully saturated rings. The predicted molar refractivity (Wildman–Crippen MR) is 566 cm³/mol. The number of hydrogen-bond acceptors (Lipinski definition) is 24. The SMILES string of the molecule is CC(O)CN1CCCCC1.CCCN1CCC(O)CC1.CCN1CCCC(O)C1.CN1CCC(O)CC1.CN1CCCC(CO)C1.CN1CCCC(O)C1.OC1CCCN(Cc2ccccc2)C1.OC1CCN(Cc2ccccc2)CC1.OCC1CCN(Cc2ccccc2)CC1.OCCC1CCN(Cc2ccccc2)CC1.OCCN1CCCCC1.[C-]#[N+]C1(O)CCN(Cc2ccccc2)CC1. The van der Waals surface area contributed by atoms with E-state index in [4.69, 9.17) is 52.5 Å². The number of aliphatic hydroxyl groups excluding tert-OH is 11. The Hall–Kier alpha value is -5.37. The molecule has 5 atom stereocenters. The van der Waals surface area contributed by atoms with Crippen molar-refractivity contribution < 1.29 is 61.3 Å². The van der Waals surface area contributed by atoms with Crippen molar-refractivity contribution in [2.24, 2.45) is 17.8 Å². The fourth-order valence-electron chi connectivity index (χ4n) is 19.8. The monoisotopic (exact) mass is 1930 g/mol. The maximum Gasteiger partial charge on any atom is 0.337 e. The first-order chi connectivity index (χ1) is 66.9. The van der Waals surface area contributed by atoms with Gasteiger partial charge in [-0.1, -0.05) is 178 Å². The van der Waals surface area contributed by atoms with Crippen LogP contribution in [0.1, 0.15) is 228 Å². The minimum atomic E-state index is -1.10. The van der Waals surface area contributed by atoms with Crippen LogP contribution < -0.4 is 0 Å². The molecule has 0 amide bonds. The Bertz CT molecular complexity index is 3590. The molecule has 25 heteroatoms. The van der Waals surface area contributed by atoms with Crippen molar-refractivity contribution in [3.63, 3.8) is 0 Å². The number of benzene rings is 5. The number of aliphatic hydroxyl groups is 12. The summed E-state index contributed by atoms with van der Waals surface area (Å²) in [5.74, 6) is 1.83. The summed E-state index contributed by atoms with van der Waals surface area (Å²) in [5, 5.41) is 109. The molecule has 784 valence electrons. The number of likely N-dealkylation sites (tertiary alicyclic amines) is 12. The van der Waals surface area contributed by atoms with Crippen molar-refractivity contribution in [2.75, 3.05) is 231 Å². The van der Waals surface area contributed by atoms with Gasteiger partial charge in [-0.2, -0.15) is 0 Å². The summed E-state index contributed by atoms with van der Waals surface area (Å²) in [4.78, 5) is 31.4. The molecule has 17 rings (SSSR count). The highest BCUT2D eigenvalue weighted by molar-refractivity contribution is 5.18. The van der Waals surface area contributed by atoms with Gasteiger partial charge in [-0.25, -0.2) is 6.57 Å². The van der Waals surface area contributed by atoms with Crippen LogP contribution in [-0.2, 0) is 32.7 Å². The number of piperidine rings is 12. The average Bonchev–Trinajstić information content (AvgIpc) is 0.848. The second-order valence-corrected chi connectivity index (χ2v) is 41.1. The van der Waals surface area contributed by atoms with Gasteiger partial charge in [0.1, 0.15) is 0 Å². The van der Waals surface area contributed by atoms with Crippen LogP contribution in [0.3, 0.4) is 0 Å². The minimum absolute atomic E-state index is 0.0203. The molecule has 0 saturated carbocycles. The van der Waals surface area contributed by atoms with Gasteiger partial charge in [-0.05, 0) is 319 Å². The van der Waals surface area contributed by atoms with Crippen LogP contribution in [0.5, 0.6) is 0 Å². The van der Waals surface area contributed by atoms with Gasteiger partial charge in [0.05, 0.1) is 62.2 Å². The lowest BCUT2D eigenvalue weighted by Crippen LogP contribution is -2.41. The highest BCUT2D eigenvalue weighted by atomic mass is 16.3. The molecule has 5 aromatic carbocycles. The van der Waals surface area contributed by atoms with Crippen molar-refractivity contribution in [1.29, 1.82) is 0 Å². The van der Waals surface area contributed by atoms with Crippen LogP contribution in [0, 0.1) is 24.3 Å². The normalized spacial score (nSPS) is 23.4. The lowest BCUT2D eigenvalue weighted by Gasteiger charge is -2.31. The molecule has 12 heterocycles. The Morgan fingerprint density at radius 2 is 0.638 bits per heavy atom. The highest BCUT2D eigenvalue weighted by Crippen LogP contribution is 2.27. The fourth-order valence-corrected chi connectivity index (χ4v) is 19.8. The van der Waals surface area contributed by atoms with Gasteiger partial charge in [0.15, 0.2) is 0 Å². The third-order valence-electron chi connectivity index (χ3n) is 28.5. The van der Waals surface area contributed by atoms with Crippen molar-refractivity contribution in [3.8, 4) is 0 Å². The van der Waals surface area contributed by atoms with Crippen LogP contribution in [-0.4, -0.2) is 399 Å². The van der Waals surface area contributed by atoms with E-state index in [0.29, 0.717) is 51.1 Å². The Kier molecular flexibility index (Phi) is 66.3. The highest BCUT2D eigenvalue weighted by Gasteiger charge is 2.38. The number of rotatable bonds is 21. The lowest BCUT2D eigenvalue weighted by atomic mass is 9.94. The van der Waals surface area contributed by atoms with E-state index in [9.17, 15) is 15.3 Å². The molecular weight excluding hydrogens is 1730 g/mol. The van der Waals surface area contributed by atoms with E-state index < -0.39 is 5.72 Å². The molecule has 12 aliphatic heterocycles. The smallest absolute Gasteiger partial charge is 0.337 e. The molecule has 0 radical (unpaired) electrons. The van der Waals surface area contributed by atoms with Gasteiger partial charge in [0, 0.05) is 144 Å². The standard InChI is InChI=1S/C14H21NO.C13H16N2O.C13H19NO.2C12H17NO.2C8H17NO.3C7H15NO.2C6H13NO/c16-11-8-13-6-9-15(10-7-13)12-14-4-2-1-3-5-14;1-14-13(16)7-9-15(10-8-13)11-12-5-3-2-4-6-12;15-11-13-6-8-14(9-7-13)10-12-4-2-1-3-5-12;14-12-7-4-8-13(10-12)9-11-5-2-1-3-6-11;14-12-6-8-13(9-7-12)10-11-4-2-1-3-5-11;1-8(10)7-9-5-3-2-4-6-9;1-2-5-9-6-3-8(10)4-7-9;1-8-4-2-3-7(5-8)6-9;1-2-8-5-3-4-7(9)6-8;9-7-6-8-4-2-1-3-5-8;1-7-4-2-6(8)3-5-7;1-7-4-2-3-6(8)5-7/h1-5,13,16H,6-12H2;2-6,16H,7-11H2;1-5,13,15H,6-11H2;1-3,5-6,12,14H,4,7-10H2;1-5,12,14H,6-10H2;2*8,10H,2-7H2,1H3;2*7,9H,2-6H2,1H3;9H,1-7H2;2*6,8H,2-5H2,1H3. The van der Waals surface area contributed by atoms with E-state index in [1.807, 2.05) is 44.3 Å². The molecule has 0 aliphatic carbocycles. The minimum Gasteiger partial charge on any atom is -0.396 e. The third kappa shape index (κ3) is 57.9. The van der Waals surface area contributed by atoms with Crippen molar-refractivity contribution >= 4 is 0 Å². The van der Waals surface area contributed by atoms with E-state index in [0.717, 1.165) is 259 Å². The van der Waals surface area contributed by atoms with E-state index in [2.05, 4.69) is 213 Å². The molecule has 5 unspecified atom stereocenters. The molecule has 25 nitrogen and oxygen atoms in total. The summed E-state index contributed by atoms with van der Waals surface area (Å²) in [7, 11) is 6.25. The van der Waals surface area contributed by atoms with Crippen molar-refractivity contribution in [3.05, 3.63) is 191 Å². The molecule has 0 spiro atoms. The summed E-state index contributed by atoms with van der Waals surface area (Å²) >= 11 is 0. The zero-order valence-corrected chi connectivity index (χ0v) is 86.8. The third-order valence-corrected chi connectivity index (χ3v) is 28.5. The molecule has 0 bridgehead atoms. The first kappa shape index (κ1) is 121. The Balaban J connectivity index is 0.000000233. The summed E-state index contributed by atoms with van der Waals surface area (Å²) in [6.45, 7) is 49.2. The van der Waals surface area contributed by atoms with Crippen LogP contribution in [0.15, 0.2) is 152 Å². The van der Waals surface area contributed by atoms with Gasteiger partial charge in [0.25, 0.3) is 0 Å². The Morgan fingerprint density at radius 1 is 0.312 bits per heavy atom. The average molecular weight is 1930 g/mol. The largest absolute Gasteiger partial charge is 0.396 e. The van der Waals surface area contributed by atoms with Crippen LogP contribution in [0.4, 0.5) is 0 Å². The number of hydrogen-bond donors (Lipinski definition) is 12. The van der Waals surface area contributed by atoms with E-state index in [1.165, 1.54) is 157 Å². The molecule has 0 aromatic heterocycles. The summed E-state index contributed by atoms with van der Waals surface area (Å²) in [5.41, 5.74) is 5.68. The number of nitrogens with zero attached hydrogens (tertiary/aromatic N) is 13. The Labute approximate surface area is 836 Å². The molecule has 12 aliphatic rings. The molecule has 12 N–H and O–H groups in total. The maximum absolute atomic E-state index is 9.78. The first-order valence-electron chi connectivity index (χ1n) is 54.0. The topological polar surface area (TPSA) is 286 Å². The van der Waals surface area contributed by atoms with Gasteiger partial charge in [-0.3, -0.25) is 29.3 Å². The summed E-state index contributed by atoms with van der Waals surface area (Å²) in [6, 6.07) is 52.5. The molecule has 138 heavy (non-hydrogen) atoms. The maximum atomic E-state index is 9.78. The van der Waals surface area contributed by atoms with Crippen LogP contribution in [0.2, 0.25) is 0 Å². The molecule has 12 saturated heterocycles. The van der Waals surface area contributed by atoms with Gasteiger partial charge in [-0.15, -0.1) is 0 Å². The fraction of sp³-hybridized carbons (Fsp3) is 0.726. The van der Waals surface area contributed by atoms with E-state index in [-0.39, 0.29) is 42.7 Å². The molecule has 5 aromatic rings. The Morgan fingerprint density at radius 3 is 0.964 bits per heavy atom. The molecular formula is C113H195N13O12. The van der Waals surface area contributed by atoms with Crippen LogP contribution >= 0.6 is 0 Å². The quantitative estimate of drug-likeness (QED) is 0.0304. The zero-order valence-electron chi connectivity index (χ0n) is 86.8. The summed E-state index contributed by atoms with van der Waals surface area (Å²) < 4.78 is 0. The van der Waals surface area contributed by atoms with Crippen molar-refractivity contribution in [1.82, 2.24) is 58.8 Å². The van der Waals surface area contributed by atoms with Gasteiger partial charge >= 0.3 is 5.72 Å². The zero-order chi connectivity index (χ0) is 99.4. The number of likely N-dealkylation sites (N-methyl/N-ethyl adjacent to an activating group) is 2. The van der Waals surface area contributed by atoms with Crippen LogP contribution in [0.25, 0.3) is 4.85 Å². The number of β-amino-alcohol motifs (C(OH)–C–C–N with tert-alkyl or cyclic N) is 5. The first-order valence-corrected chi connectivity index (χ1v) is 54.0. The van der Waals surface area contributed by atoms with E-state index >= 15 is 0 Å². The second kappa shape index (κ2) is 75.4. The van der Waals surface area contributed by atoms with Gasteiger partial charge < -0.3 is 95.6 Å².